The molecule has 0 saturated heterocycles. The summed E-state index contributed by atoms with van der Waals surface area (Å²) in [5.74, 6) is 0.152. The van der Waals surface area contributed by atoms with E-state index in [4.69, 9.17) is 23.2 Å². The molecule has 0 N–H and O–H groups in total. The minimum atomic E-state index is -0.00737. The molecule has 1 rings (SSSR count). The molecule has 22 heavy (non-hydrogen) atoms. The smallest absolute Gasteiger partial charge is 0.167 e. The van der Waals surface area contributed by atoms with Gasteiger partial charge in [-0.1, -0.05) is 36.5 Å². The first-order chi connectivity index (χ1) is 10.3. The lowest BCUT2D eigenvalue weighted by Crippen LogP contribution is -2.42. The topological polar surface area (TPSA) is 20.3 Å². The van der Waals surface area contributed by atoms with Crippen molar-refractivity contribution in [2.75, 3.05) is 6.54 Å². The Morgan fingerprint density at radius 2 is 1.68 bits per heavy atom. The van der Waals surface area contributed by atoms with Crippen molar-refractivity contribution < 1.29 is 4.79 Å². The average Bonchev–Trinajstić information content (AvgIpc) is 2.44. The minimum Gasteiger partial charge on any atom is -0.298 e. The molecular weight excluding hydrogens is 317 g/mol. The van der Waals surface area contributed by atoms with Gasteiger partial charge in [0.05, 0.1) is 10.0 Å². The summed E-state index contributed by atoms with van der Waals surface area (Å²) in [5, 5.41) is 0.920. The average molecular weight is 344 g/mol. The van der Waals surface area contributed by atoms with Crippen LogP contribution in [0.4, 0.5) is 0 Å². The number of halogens is 2. The predicted octanol–water partition coefficient (Wildman–Crippen LogP) is 5.71. The number of benzene rings is 1. The van der Waals surface area contributed by atoms with Crippen LogP contribution in [0.2, 0.25) is 10.0 Å². The van der Waals surface area contributed by atoms with Crippen molar-refractivity contribution in [1.29, 1.82) is 0 Å². The van der Waals surface area contributed by atoms with Crippen LogP contribution in [0.15, 0.2) is 18.2 Å². The lowest BCUT2D eigenvalue weighted by atomic mass is 9.92. The molecule has 0 heterocycles. The summed E-state index contributed by atoms with van der Waals surface area (Å²) in [6.07, 6.45) is 1.87. The number of Topliss-reactive ketones (excluding diaryl/α,β-unsaturated/α-hetero) is 1. The largest absolute Gasteiger partial charge is 0.298 e. The molecule has 124 valence electrons. The number of ketones is 1. The second kappa shape index (κ2) is 8.90. The highest BCUT2D eigenvalue weighted by molar-refractivity contribution is 6.42. The minimum absolute atomic E-state index is 0.00737. The molecule has 0 fully saturated rings. The predicted molar refractivity (Wildman–Crippen MR) is 96.2 cm³/mol. The van der Waals surface area contributed by atoms with Crippen molar-refractivity contribution in [2.45, 2.75) is 59.5 Å². The quantitative estimate of drug-likeness (QED) is 0.563. The van der Waals surface area contributed by atoms with Gasteiger partial charge in [0.25, 0.3) is 0 Å². The van der Waals surface area contributed by atoms with Crippen LogP contribution in [-0.2, 0) is 0 Å². The van der Waals surface area contributed by atoms with Crippen molar-refractivity contribution in [3.63, 3.8) is 0 Å². The van der Waals surface area contributed by atoms with Crippen LogP contribution in [0.25, 0.3) is 0 Å². The summed E-state index contributed by atoms with van der Waals surface area (Å²) in [7, 11) is 0. The van der Waals surface area contributed by atoms with Gasteiger partial charge in [-0.15, -0.1) is 0 Å². The van der Waals surface area contributed by atoms with E-state index in [0.29, 0.717) is 27.7 Å². The normalized spacial score (nSPS) is 13.2. The first-order valence-corrected chi connectivity index (χ1v) is 8.78. The third-order valence-corrected chi connectivity index (χ3v) is 4.71. The molecule has 0 aliphatic carbocycles. The maximum atomic E-state index is 12.9. The van der Waals surface area contributed by atoms with Crippen LogP contribution in [0.5, 0.6) is 0 Å². The lowest BCUT2D eigenvalue weighted by molar-refractivity contribution is 0.0816. The highest BCUT2D eigenvalue weighted by Crippen LogP contribution is 2.25. The SMILES string of the molecule is CCCC(CN(C(C)C)C(C)C)C(=O)c1ccc(Cl)c(Cl)c1. The molecule has 1 unspecified atom stereocenters. The molecule has 0 radical (unpaired) electrons. The Morgan fingerprint density at radius 3 is 2.14 bits per heavy atom. The van der Waals surface area contributed by atoms with Crippen LogP contribution in [-0.4, -0.2) is 29.3 Å². The van der Waals surface area contributed by atoms with E-state index in [-0.39, 0.29) is 11.7 Å². The number of hydrogen-bond donors (Lipinski definition) is 0. The van der Waals surface area contributed by atoms with Gasteiger partial charge in [0.2, 0.25) is 0 Å². The van der Waals surface area contributed by atoms with Crippen molar-refractivity contribution in [3.05, 3.63) is 33.8 Å². The highest BCUT2D eigenvalue weighted by atomic mass is 35.5. The molecule has 1 aromatic carbocycles. The van der Waals surface area contributed by atoms with E-state index >= 15 is 0 Å². The maximum absolute atomic E-state index is 12.9. The Labute approximate surface area is 144 Å². The Hall–Kier alpha value is -0.570. The van der Waals surface area contributed by atoms with Gasteiger partial charge in [0, 0.05) is 30.1 Å². The summed E-state index contributed by atoms with van der Waals surface area (Å²) in [6, 6.07) is 5.99. The van der Waals surface area contributed by atoms with E-state index < -0.39 is 0 Å². The van der Waals surface area contributed by atoms with E-state index in [0.717, 1.165) is 19.4 Å². The van der Waals surface area contributed by atoms with Gasteiger partial charge in [-0.05, 0) is 52.3 Å². The van der Waals surface area contributed by atoms with Gasteiger partial charge in [0.15, 0.2) is 5.78 Å². The second-order valence-electron chi connectivity index (χ2n) is 6.36. The Bertz CT molecular complexity index is 492. The first-order valence-electron chi connectivity index (χ1n) is 8.02. The fourth-order valence-corrected chi connectivity index (χ4v) is 3.11. The van der Waals surface area contributed by atoms with E-state index in [1.807, 2.05) is 0 Å². The first kappa shape index (κ1) is 19.5. The molecule has 0 spiro atoms. The summed E-state index contributed by atoms with van der Waals surface area (Å²) < 4.78 is 0. The van der Waals surface area contributed by atoms with Crippen LogP contribution in [0, 0.1) is 5.92 Å². The fourth-order valence-electron chi connectivity index (χ4n) is 2.81. The lowest BCUT2D eigenvalue weighted by Gasteiger charge is -2.33. The van der Waals surface area contributed by atoms with Gasteiger partial charge in [-0.3, -0.25) is 9.69 Å². The van der Waals surface area contributed by atoms with E-state index in [1.165, 1.54) is 0 Å². The van der Waals surface area contributed by atoms with Crippen molar-refractivity contribution in [3.8, 4) is 0 Å². The number of carbonyl (C=O) groups is 1. The zero-order valence-corrected chi connectivity index (χ0v) is 15.7. The van der Waals surface area contributed by atoms with Crippen molar-refractivity contribution in [2.24, 2.45) is 5.92 Å². The molecule has 1 aromatic rings. The van der Waals surface area contributed by atoms with Crippen LogP contribution in [0.3, 0.4) is 0 Å². The van der Waals surface area contributed by atoms with Gasteiger partial charge in [-0.2, -0.15) is 0 Å². The molecule has 0 aliphatic heterocycles. The number of hydrogen-bond acceptors (Lipinski definition) is 2. The third kappa shape index (κ3) is 5.26. The van der Waals surface area contributed by atoms with Crippen molar-refractivity contribution in [1.82, 2.24) is 4.90 Å². The number of rotatable bonds is 8. The van der Waals surface area contributed by atoms with E-state index in [2.05, 4.69) is 39.5 Å². The van der Waals surface area contributed by atoms with E-state index in [1.54, 1.807) is 18.2 Å². The van der Waals surface area contributed by atoms with Gasteiger partial charge < -0.3 is 0 Å². The molecule has 1 atom stereocenters. The standard InChI is InChI=1S/C18H27Cl2NO/c1-6-7-15(11-21(12(2)3)13(4)5)18(22)14-8-9-16(19)17(20)10-14/h8-10,12-13,15H,6-7,11H2,1-5H3. The molecule has 0 amide bonds. The molecular formula is C18H27Cl2NO. The Balaban J connectivity index is 2.98. The third-order valence-electron chi connectivity index (χ3n) is 3.97. The van der Waals surface area contributed by atoms with E-state index in [9.17, 15) is 4.79 Å². The maximum Gasteiger partial charge on any atom is 0.167 e. The van der Waals surface area contributed by atoms with Gasteiger partial charge in [0.1, 0.15) is 0 Å². The van der Waals surface area contributed by atoms with Gasteiger partial charge >= 0.3 is 0 Å². The van der Waals surface area contributed by atoms with Crippen molar-refractivity contribution >= 4 is 29.0 Å². The fraction of sp³-hybridized carbons (Fsp3) is 0.611. The Morgan fingerprint density at radius 1 is 1.09 bits per heavy atom. The van der Waals surface area contributed by atoms with Crippen LogP contribution >= 0.6 is 23.2 Å². The zero-order valence-electron chi connectivity index (χ0n) is 14.2. The monoisotopic (exact) mass is 343 g/mol. The summed E-state index contributed by atoms with van der Waals surface area (Å²) in [6.45, 7) is 11.6. The summed E-state index contributed by atoms with van der Waals surface area (Å²) >= 11 is 12.0. The molecule has 0 aliphatic rings. The zero-order chi connectivity index (χ0) is 16.9. The molecule has 4 heteroatoms. The second-order valence-corrected chi connectivity index (χ2v) is 7.18. The van der Waals surface area contributed by atoms with Crippen LogP contribution in [0.1, 0.15) is 57.8 Å². The molecule has 0 bridgehead atoms. The van der Waals surface area contributed by atoms with Crippen LogP contribution < -0.4 is 0 Å². The molecule has 2 nitrogen and oxygen atoms in total. The van der Waals surface area contributed by atoms with Gasteiger partial charge in [-0.25, -0.2) is 0 Å². The summed E-state index contributed by atoms with van der Waals surface area (Å²) in [4.78, 5) is 15.2. The number of carbonyl (C=O) groups excluding carboxylic acids is 1. The molecule has 0 aromatic heterocycles. The molecule has 0 saturated carbocycles. The summed E-state index contributed by atoms with van der Waals surface area (Å²) in [5.41, 5.74) is 0.653. The Kier molecular flexibility index (Phi) is 7.88. The highest BCUT2D eigenvalue weighted by Gasteiger charge is 2.25. The number of nitrogens with zero attached hydrogens (tertiary/aromatic N) is 1.